The number of benzene rings is 2. The topological polar surface area (TPSA) is 167 Å². The Bertz CT molecular complexity index is 2020. The maximum Gasteiger partial charge on any atom is 0.318 e. The van der Waals surface area contributed by atoms with Crippen LogP contribution in [0.3, 0.4) is 0 Å². The zero-order valence-corrected chi connectivity index (χ0v) is 30.8. The number of aromatic nitrogens is 1. The van der Waals surface area contributed by atoms with Crippen molar-refractivity contribution in [1.82, 2.24) is 25.0 Å². The Hall–Kier alpha value is -4.95. The van der Waals surface area contributed by atoms with Gasteiger partial charge in [-0.3, -0.25) is 14.6 Å². The highest BCUT2D eigenvalue weighted by atomic mass is 32.2. The van der Waals surface area contributed by atoms with Crippen molar-refractivity contribution in [2.24, 2.45) is 0 Å². The molecule has 15 nitrogen and oxygen atoms in total. The molecule has 7 rings (SSSR count). The molecule has 1 atom stereocenters. The Balaban J connectivity index is 1.23. The minimum atomic E-state index is -4.70. The first-order chi connectivity index (χ1) is 25.7. The number of rotatable bonds is 10. The molecule has 53 heavy (non-hydrogen) atoms. The lowest BCUT2D eigenvalue weighted by Crippen LogP contribution is -2.67. The van der Waals surface area contributed by atoms with Crippen LogP contribution in [0.1, 0.15) is 36.5 Å². The fraction of sp³-hybridized carbons (Fsp3) is 0.459. The molecule has 280 valence electrons. The van der Waals surface area contributed by atoms with Gasteiger partial charge in [-0.2, -0.15) is 9.57 Å². The monoisotopic (exact) mass is 745 g/mol. The molecule has 16 heteroatoms. The second-order valence-corrected chi connectivity index (χ2v) is 15.1. The molecule has 3 amide bonds. The SMILES string of the molecule is CCOc1ncccc1[C@]1(NC(=O)N2CC(N3CCC(N4CCOCC4)CC3)C2)C(=O)N(S(=O)(=O)c2ccc(OC)cc2OC)c2ccc(C#N)cc21. The van der Waals surface area contributed by atoms with Crippen LogP contribution < -0.4 is 23.8 Å². The summed E-state index contributed by atoms with van der Waals surface area (Å²) in [6.07, 6.45) is 3.57. The molecule has 0 bridgehead atoms. The predicted molar refractivity (Wildman–Crippen MR) is 192 cm³/mol. The second kappa shape index (κ2) is 14.8. The molecule has 0 unspecified atom stereocenters. The van der Waals surface area contributed by atoms with Crippen molar-refractivity contribution in [3.8, 4) is 23.4 Å². The van der Waals surface area contributed by atoms with Crippen molar-refractivity contribution >= 4 is 27.6 Å². The van der Waals surface area contributed by atoms with E-state index in [1.54, 1.807) is 24.0 Å². The van der Waals surface area contributed by atoms with Crippen LogP contribution in [-0.4, -0.2) is 125 Å². The quantitative estimate of drug-likeness (QED) is 0.323. The van der Waals surface area contributed by atoms with E-state index < -0.39 is 27.5 Å². The fourth-order valence-electron chi connectivity index (χ4n) is 7.81. The van der Waals surface area contributed by atoms with Gasteiger partial charge in [-0.25, -0.2) is 18.2 Å². The lowest BCUT2D eigenvalue weighted by atomic mass is 9.83. The van der Waals surface area contributed by atoms with Crippen LogP contribution in [0.4, 0.5) is 10.5 Å². The molecule has 2 aromatic carbocycles. The van der Waals surface area contributed by atoms with Gasteiger partial charge in [-0.1, -0.05) is 0 Å². The van der Waals surface area contributed by atoms with Gasteiger partial charge in [0.1, 0.15) is 16.4 Å². The number of nitrogens with one attached hydrogen (secondary N) is 1. The van der Waals surface area contributed by atoms with Crippen LogP contribution in [0.25, 0.3) is 0 Å². The number of carbonyl (C=O) groups excluding carboxylic acids is 2. The molecule has 5 heterocycles. The summed E-state index contributed by atoms with van der Waals surface area (Å²) in [5, 5.41) is 12.9. The molecule has 0 saturated carbocycles. The summed E-state index contributed by atoms with van der Waals surface area (Å²) in [5.41, 5.74) is -1.82. The molecule has 3 fully saturated rings. The molecule has 1 aromatic heterocycles. The maximum atomic E-state index is 15.2. The Kier molecular flexibility index (Phi) is 10.2. The van der Waals surface area contributed by atoms with Gasteiger partial charge in [0.2, 0.25) is 5.88 Å². The van der Waals surface area contributed by atoms with E-state index in [1.165, 1.54) is 56.8 Å². The number of urea groups is 1. The van der Waals surface area contributed by atoms with E-state index in [0.29, 0.717) is 29.2 Å². The summed E-state index contributed by atoms with van der Waals surface area (Å²) in [6.45, 7) is 8.07. The van der Waals surface area contributed by atoms with Crippen molar-refractivity contribution in [3.63, 3.8) is 0 Å². The van der Waals surface area contributed by atoms with E-state index in [4.69, 9.17) is 18.9 Å². The fourth-order valence-corrected chi connectivity index (χ4v) is 9.42. The average molecular weight is 746 g/mol. The van der Waals surface area contributed by atoms with Gasteiger partial charge in [0, 0.05) is 69.2 Å². The van der Waals surface area contributed by atoms with Gasteiger partial charge in [0.25, 0.3) is 15.9 Å². The molecular formula is C37H43N7O8S. The zero-order chi connectivity index (χ0) is 37.3. The number of likely N-dealkylation sites (tertiary alicyclic amines) is 2. The standard InChI is InChI=1S/C37H43N7O8S/c1-4-52-34-29(6-5-13-39-34)37(40-36(46)43-23-27(24-43)41-14-11-26(12-15-41)42-16-18-51-19-17-42)30-20-25(22-38)7-9-31(30)44(35(37)45)53(47,48)33-10-8-28(49-2)21-32(33)50-3/h5-10,13,20-21,26-27H,4,11-12,14-19,23-24H2,1-3H3,(H,40,46)/t37-/m1/s1. The number of morpholine rings is 1. The normalized spacial score (nSPS) is 21.4. The number of carbonyl (C=O) groups is 2. The van der Waals surface area contributed by atoms with Crippen LogP contribution >= 0.6 is 0 Å². The first kappa shape index (κ1) is 36.4. The predicted octanol–water partition coefficient (Wildman–Crippen LogP) is 2.54. The molecule has 3 saturated heterocycles. The number of hydrogen-bond donors (Lipinski definition) is 1. The highest BCUT2D eigenvalue weighted by Gasteiger charge is 2.59. The summed E-state index contributed by atoms with van der Waals surface area (Å²) >= 11 is 0. The molecule has 0 spiro atoms. The number of piperidine rings is 1. The lowest BCUT2D eigenvalue weighted by molar-refractivity contribution is -0.121. The van der Waals surface area contributed by atoms with Crippen molar-refractivity contribution in [2.45, 2.75) is 42.3 Å². The summed E-state index contributed by atoms with van der Waals surface area (Å²) in [7, 11) is -1.95. The highest BCUT2D eigenvalue weighted by Crippen LogP contribution is 2.50. The smallest absolute Gasteiger partial charge is 0.318 e. The Morgan fingerprint density at radius 2 is 1.74 bits per heavy atom. The van der Waals surface area contributed by atoms with Gasteiger partial charge in [-0.15, -0.1) is 0 Å². The molecular weight excluding hydrogens is 703 g/mol. The number of sulfonamides is 1. The number of fused-ring (bicyclic) bond motifs is 1. The lowest BCUT2D eigenvalue weighted by Gasteiger charge is -2.49. The van der Waals surface area contributed by atoms with E-state index in [9.17, 15) is 18.5 Å². The molecule has 0 aliphatic carbocycles. The Morgan fingerprint density at radius 1 is 1.00 bits per heavy atom. The Morgan fingerprint density at radius 3 is 2.42 bits per heavy atom. The van der Waals surface area contributed by atoms with Gasteiger partial charge in [0.15, 0.2) is 5.54 Å². The number of pyridine rings is 1. The van der Waals surface area contributed by atoms with E-state index in [2.05, 4.69) is 26.2 Å². The van der Waals surface area contributed by atoms with Gasteiger partial charge < -0.3 is 29.2 Å². The number of nitriles is 1. The average Bonchev–Trinajstić information content (AvgIpc) is 3.42. The van der Waals surface area contributed by atoms with Crippen molar-refractivity contribution in [3.05, 3.63) is 71.4 Å². The van der Waals surface area contributed by atoms with E-state index >= 15 is 4.79 Å². The van der Waals surface area contributed by atoms with Crippen LogP contribution in [0.5, 0.6) is 17.4 Å². The van der Waals surface area contributed by atoms with E-state index in [1.807, 2.05) is 0 Å². The minimum absolute atomic E-state index is 0.0304. The van der Waals surface area contributed by atoms with Crippen LogP contribution in [-0.2, 0) is 25.1 Å². The number of anilines is 1. The molecule has 4 aliphatic rings. The van der Waals surface area contributed by atoms with Crippen LogP contribution in [0, 0.1) is 11.3 Å². The summed E-state index contributed by atoms with van der Waals surface area (Å²) in [4.78, 5) is 40.1. The largest absolute Gasteiger partial charge is 0.497 e. The first-order valence-corrected chi connectivity index (χ1v) is 19.2. The van der Waals surface area contributed by atoms with Crippen LogP contribution in [0.15, 0.2) is 59.6 Å². The van der Waals surface area contributed by atoms with Crippen LogP contribution in [0.2, 0.25) is 0 Å². The zero-order valence-electron chi connectivity index (χ0n) is 30.0. The van der Waals surface area contributed by atoms with E-state index in [-0.39, 0.29) is 51.6 Å². The van der Waals surface area contributed by atoms with E-state index in [0.717, 1.165) is 52.2 Å². The maximum absolute atomic E-state index is 15.2. The van der Waals surface area contributed by atoms with Crippen molar-refractivity contribution in [2.75, 3.05) is 77.6 Å². The number of hydrogen-bond acceptors (Lipinski definition) is 12. The molecule has 0 radical (unpaired) electrons. The third-order valence-corrected chi connectivity index (χ3v) is 12.4. The van der Waals surface area contributed by atoms with Gasteiger partial charge in [0.05, 0.1) is 56.9 Å². The Labute approximate surface area is 309 Å². The van der Waals surface area contributed by atoms with Gasteiger partial charge in [-0.05, 0) is 62.2 Å². The summed E-state index contributed by atoms with van der Waals surface area (Å²) in [5.74, 6) is -0.668. The summed E-state index contributed by atoms with van der Waals surface area (Å²) in [6, 6.07) is 13.7. The number of nitrogens with zero attached hydrogens (tertiary/aromatic N) is 6. The summed E-state index contributed by atoms with van der Waals surface area (Å²) < 4.78 is 52.0. The second-order valence-electron chi connectivity index (χ2n) is 13.4. The molecule has 4 aliphatic heterocycles. The third-order valence-electron chi connectivity index (χ3n) is 10.6. The first-order valence-electron chi connectivity index (χ1n) is 17.7. The number of methoxy groups -OCH3 is 2. The number of ether oxygens (including phenoxy) is 4. The number of amides is 3. The third kappa shape index (κ3) is 6.41. The van der Waals surface area contributed by atoms with Crippen molar-refractivity contribution < 1.29 is 37.0 Å². The molecule has 3 aromatic rings. The molecule has 1 N–H and O–H groups in total. The minimum Gasteiger partial charge on any atom is -0.497 e. The van der Waals surface area contributed by atoms with Gasteiger partial charge >= 0.3 is 6.03 Å². The van der Waals surface area contributed by atoms with Crippen molar-refractivity contribution in [1.29, 1.82) is 5.26 Å². The highest BCUT2D eigenvalue weighted by molar-refractivity contribution is 7.93.